The highest BCUT2D eigenvalue weighted by atomic mass is 32.1. The van der Waals surface area contributed by atoms with Crippen LogP contribution < -0.4 is 5.32 Å². The summed E-state index contributed by atoms with van der Waals surface area (Å²) in [5.41, 5.74) is 1.19. The van der Waals surface area contributed by atoms with Crippen molar-refractivity contribution >= 4 is 12.6 Å². The number of rotatable bonds is 8. The number of hydrogen-bond donors (Lipinski definition) is 2. The first-order valence-electron chi connectivity index (χ1n) is 6.15. The van der Waals surface area contributed by atoms with E-state index in [2.05, 4.69) is 24.9 Å². The molecule has 16 heavy (non-hydrogen) atoms. The summed E-state index contributed by atoms with van der Waals surface area (Å²) in [5.74, 6) is 0.688. The Morgan fingerprint density at radius 2 is 1.88 bits per heavy atom. The van der Waals surface area contributed by atoms with Crippen LogP contribution in [0.1, 0.15) is 33.6 Å². The number of thiol groups is 1. The van der Waals surface area contributed by atoms with Crippen LogP contribution in [0.2, 0.25) is 0 Å². The summed E-state index contributed by atoms with van der Waals surface area (Å²) in [6.45, 7) is 8.41. The molecule has 94 valence electrons. The smallest absolute Gasteiger partial charge is 0.281 e. The summed E-state index contributed by atoms with van der Waals surface area (Å²) in [6.07, 6.45) is 2.18. The Kier molecular flexibility index (Phi) is 6.06. The third-order valence-corrected chi connectivity index (χ3v) is 3.03. The monoisotopic (exact) mass is 245 g/mol. The molecule has 0 aromatic carbocycles. The predicted octanol–water partition coefficient (Wildman–Crippen LogP) is 2.34. The van der Waals surface area contributed by atoms with E-state index in [1.807, 2.05) is 13.8 Å². The number of ether oxygens (including phenoxy) is 2. The lowest BCUT2D eigenvalue weighted by molar-refractivity contribution is 0.0414. The molecular weight excluding hydrogens is 222 g/mol. The van der Waals surface area contributed by atoms with Gasteiger partial charge in [0.25, 0.3) is 5.95 Å². The maximum Gasteiger partial charge on any atom is 0.281 e. The largest absolute Gasteiger partial charge is 0.466 e. The van der Waals surface area contributed by atoms with Crippen molar-refractivity contribution < 1.29 is 9.47 Å². The van der Waals surface area contributed by atoms with Gasteiger partial charge in [-0.25, -0.2) is 0 Å². The van der Waals surface area contributed by atoms with E-state index in [1.54, 1.807) is 0 Å². The molecule has 1 aliphatic heterocycles. The lowest BCUT2D eigenvalue weighted by Gasteiger charge is -2.19. The number of hydrogen-bond acceptors (Lipinski definition) is 4. The van der Waals surface area contributed by atoms with Crippen LogP contribution in [-0.2, 0) is 9.47 Å². The van der Waals surface area contributed by atoms with E-state index in [4.69, 9.17) is 9.47 Å². The van der Waals surface area contributed by atoms with Crippen LogP contribution in [0, 0.1) is 0 Å². The second-order valence-corrected chi connectivity index (χ2v) is 4.50. The van der Waals surface area contributed by atoms with Gasteiger partial charge in [0.15, 0.2) is 0 Å². The van der Waals surface area contributed by atoms with Gasteiger partial charge < -0.3 is 14.8 Å². The van der Waals surface area contributed by atoms with E-state index in [9.17, 15) is 0 Å². The SMILES string of the molecule is CCCC(S)C(=C(OCC)OCC)[C@H]1CN1. The van der Waals surface area contributed by atoms with Gasteiger partial charge in [0, 0.05) is 23.4 Å². The summed E-state index contributed by atoms with van der Waals surface area (Å²) >= 11 is 4.65. The van der Waals surface area contributed by atoms with Crippen molar-refractivity contribution in [3.63, 3.8) is 0 Å². The summed E-state index contributed by atoms with van der Waals surface area (Å²) in [4.78, 5) is 0. The van der Waals surface area contributed by atoms with Crippen molar-refractivity contribution in [3.05, 3.63) is 11.5 Å². The summed E-state index contributed by atoms with van der Waals surface area (Å²) in [7, 11) is 0. The Labute approximate surface area is 104 Å². The van der Waals surface area contributed by atoms with Gasteiger partial charge in [-0.05, 0) is 20.3 Å². The van der Waals surface area contributed by atoms with Gasteiger partial charge in [-0.1, -0.05) is 13.3 Å². The highest BCUT2D eigenvalue weighted by Gasteiger charge is 2.33. The van der Waals surface area contributed by atoms with Crippen molar-refractivity contribution in [1.82, 2.24) is 5.32 Å². The Morgan fingerprint density at radius 1 is 1.31 bits per heavy atom. The molecule has 0 aromatic rings. The summed E-state index contributed by atoms with van der Waals surface area (Å²) in [6, 6.07) is 0.405. The minimum Gasteiger partial charge on any atom is -0.466 e. The molecule has 3 nitrogen and oxygen atoms in total. The first-order chi connectivity index (χ1) is 7.74. The topological polar surface area (TPSA) is 40.4 Å². The molecule has 1 aliphatic rings. The van der Waals surface area contributed by atoms with Gasteiger partial charge in [-0.15, -0.1) is 0 Å². The van der Waals surface area contributed by atoms with Crippen LogP contribution in [0.4, 0.5) is 0 Å². The van der Waals surface area contributed by atoms with Crippen molar-refractivity contribution in [1.29, 1.82) is 0 Å². The Balaban J connectivity index is 2.79. The molecule has 2 atom stereocenters. The lowest BCUT2D eigenvalue weighted by Crippen LogP contribution is -2.17. The molecule has 1 saturated heterocycles. The third-order valence-electron chi connectivity index (χ3n) is 2.49. The fourth-order valence-corrected chi connectivity index (χ4v) is 2.23. The van der Waals surface area contributed by atoms with Crippen LogP contribution in [0.25, 0.3) is 0 Å². The number of nitrogens with one attached hydrogen (secondary N) is 1. The minimum atomic E-state index is 0.234. The molecule has 0 radical (unpaired) electrons. The van der Waals surface area contributed by atoms with Crippen LogP contribution >= 0.6 is 12.6 Å². The maximum atomic E-state index is 5.58. The maximum absolute atomic E-state index is 5.58. The van der Waals surface area contributed by atoms with Crippen molar-refractivity contribution in [2.75, 3.05) is 19.8 Å². The van der Waals surface area contributed by atoms with Gasteiger partial charge >= 0.3 is 0 Å². The van der Waals surface area contributed by atoms with E-state index >= 15 is 0 Å². The standard InChI is InChI=1S/C12H23NO2S/c1-4-7-10(16)11(9-8-13-9)12(14-5-2)15-6-3/h9-10,13,16H,4-8H2,1-3H3/t9-,10?/m1/s1. The molecule has 0 bridgehead atoms. The molecule has 0 amide bonds. The van der Waals surface area contributed by atoms with E-state index in [-0.39, 0.29) is 5.25 Å². The Morgan fingerprint density at radius 3 is 2.25 bits per heavy atom. The van der Waals surface area contributed by atoms with E-state index in [1.165, 1.54) is 5.57 Å². The fraction of sp³-hybridized carbons (Fsp3) is 0.833. The molecule has 1 fully saturated rings. The Bertz CT molecular complexity index is 231. The van der Waals surface area contributed by atoms with E-state index < -0.39 is 0 Å². The van der Waals surface area contributed by atoms with Crippen LogP contribution in [0.15, 0.2) is 11.5 Å². The molecule has 0 saturated carbocycles. The summed E-state index contributed by atoms with van der Waals surface area (Å²) in [5, 5.41) is 3.54. The van der Waals surface area contributed by atoms with Crippen LogP contribution in [-0.4, -0.2) is 31.1 Å². The highest BCUT2D eigenvalue weighted by Crippen LogP contribution is 2.27. The van der Waals surface area contributed by atoms with Crippen LogP contribution in [0.5, 0.6) is 0 Å². The quantitative estimate of drug-likeness (QED) is 0.392. The highest BCUT2D eigenvalue weighted by molar-refractivity contribution is 7.81. The molecule has 4 heteroatoms. The molecule has 1 N–H and O–H groups in total. The van der Waals surface area contributed by atoms with E-state index in [0.717, 1.165) is 19.4 Å². The zero-order chi connectivity index (χ0) is 12.0. The van der Waals surface area contributed by atoms with Crippen molar-refractivity contribution in [2.45, 2.75) is 44.9 Å². The molecular formula is C12H23NO2S. The fourth-order valence-electron chi connectivity index (χ4n) is 1.69. The van der Waals surface area contributed by atoms with Crippen molar-refractivity contribution in [2.24, 2.45) is 0 Å². The van der Waals surface area contributed by atoms with Gasteiger partial charge in [0.1, 0.15) is 0 Å². The van der Waals surface area contributed by atoms with Gasteiger partial charge in [-0.3, -0.25) is 0 Å². The van der Waals surface area contributed by atoms with Crippen molar-refractivity contribution in [3.8, 4) is 0 Å². The van der Waals surface area contributed by atoms with Crippen LogP contribution in [0.3, 0.4) is 0 Å². The molecule has 1 rings (SSSR count). The predicted molar refractivity (Wildman–Crippen MR) is 69.8 cm³/mol. The van der Waals surface area contributed by atoms with E-state index in [0.29, 0.717) is 25.2 Å². The second-order valence-electron chi connectivity index (χ2n) is 3.87. The first kappa shape index (κ1) is 13.7. The molecule has 1 heterocycles. The zero-order valence-corrected chi connectivity index (χ0v) is 11.3. The average Bonchev–Trinajstić information content (AvgIpc) is 3.03. The van der Waals surface area contributed by atoms with Gasteiger partial charge in [-0.2, -0.15) is 12.6 Å². The normalized spacial score (nSPS) is 20.1. The minimum absolute atomic E-state index is 0.234. The Hall–Kier alpha value is -0.350. The molecule has 0 aromatic heterocycles. The summed E-state index contributed by atoms with van der Waals surface area (Å²) < 4.78 is 11.2. The van der Waals surface area contributed by atoms with Gasteiger partial charge in [0.05, 0.1) is 13.2 Å². The molecule has 0 aliphatic carbocycles. The molecule has 0 spiro atoms. The zero-order valence-electron chi connectivity index (χ0n) is 10.5. The third kappa shape index (κ3) is 3.91. The lowest BCUT2D eigenvalue weighted by atomic mass is 10.1. The first-order valence-corrected chi connectivity index (χ1v) is 6.67. The van der Waals surface area contributed by atoms with Gasteiger partial charge in [0.2, 0.25) is 0 Å². The second kappa shape index (κ2) is 7.07. The average molecular weight is 245 g/mol. The molecule has 1 unspecified atom stereocenters.